The minimum absolute atomic E-state index is 0.0509. The molecular weight excluding hydrogens is 268 g/mol. The number of halogens is 2. The summed E-state index contributed by atoms with van der Waals surface area (Å²) in [6.45, 7) is 2.95. The summed E-state index contributed by atoms with van der Waals surface area (Å²) in [5.41, 5.74) is 0.506. The maximum absolute atomic E-state index is 14.1. The Labute approximate surface area is 126 Å². The normalized spacial score (nSPS) is 29.0. The first-order valence-electron chi connectivity index (χ1n) is 8.36. The summed E-state index contributed by atoms with van der Waals surface area (Å²) in [5.74, 6) is 0.987. The number of nitrogens with one attached hydrogen (secondary N) is 1. The Morgan fingerprint density at radius 1 is 1.24 bits per heavy atom. The molecule has 2 aliphatic carbocycles. The van der Waals surface area contributed by atoms with E-state index in [1.807, 2.05) is 0 Å². The molecule has 0 amide bonds. The van der Waals surface area contributed by atoms with E-state index in [0.717, 1.165) is 31.2 Å². The molecule has 3 rings (SSSR count). The second kappa shape index (κ2) is 6.43. The van der Waals surface area contributed by atoms with Gasteiger partial charge in [0.25, 0.3) is 0 Å². The van der Waals surface area contributed by atoms with Crippen LogP contribution in [0.4, 0.5) is 8.78 Å². The van der Waals surface area contributed by atoms with Gasteiger partial charge in [-0.2, -0.15) is 0 Å². The lowest BCUT2D eigenvalue weighted by Crippen LogP contribution is -2.27. The van der Waals surface area contributed by atoms with E-state index in [9.17, 15) is 8.78 Å². The smallest absolute Gasteiger partial charge is 0.163 e. The lowest BCUT2D eigenvalue weighted by atomic mass is 9.82. The van der Waals surface area contributed by atoms with Crippen LogP contribution in [0.15, 0.2) is 18.2 Å². The maximum Gasteiger partial charge on any atom is 0.163 e. The van der Waals surface area contributed by atoms with E-state index in [1.165, 1.54) is 31.7 Å². The van der Waals surface area contributed by atoms with Crippen molar-refractivity contribution in [3.05, 3.63) is 35.4 Å². The highest BCUT2D eigenvalue weighted by atomic mass is 19.2. The molecule has 0 radical (unpaired) electrons. The third kappa shape index (κ3) is 3.13. The van der Waals surface area contributed by atoms with Crippen LogP contribution >= 0.6 is 0 Å². The van der Waals surface area contributed by atoms with Crippen LogP contribution in [0.25, 0.3) is 0 Å². The van der Waals surface area contributed by atoms with Crippen LogP contribution in [0.1, 0.15) is 57.1 Å². The van der Waals surface area contributed by atoms with Crippen molar-refractivity contribution in [2.24, 2.45) is 17.8 Å². The van der Waals surface area contributed by atoms with Crippen molar-refractivity contribution in [3.8, 4) is 0 Å². The number of hydrogen-bond donors (Lipinski definition) is 1. The van der Waals surface area contributed by atoms with Crippen molar-refractivity contribution in [1.29, 1.82) is 0 Å². The Morgan fingerprint density at radius 3 is 2.76 bits per heavy atom. The second-order valence-corrected chi connectivity index (χ2v) is 6.82. The molecular formula is C18H25F2N. The molecule has 21 heavy (non-hydrogen) atoms. The highest BCUT2D eigenvalue weighted by molar-refractivity contribution is 5.23. The number of benzene rings is 1. The Morgan fingerprint density at radius 2 is 2.10 bits per heavy atom. The molecule has 2 saturated carbocycles. The van der Waals surface area contributed by atoms with Gasteiger partial charge in [-0.05, 0) is 62.5 Å². The van der Waals surface area contributed by atoms with E-state index < -0.39 is 11.6 Å². The molecule has 4 unspecified atom stereocenters. The highest BCUT2D eigenvalue weighted by Crippen LogP contribution is 2.51. The summed E-state index contributed by atoms with van der Waals surface area (Å²) >= 11 is 0. The highest BCUT2D eigenvalue weighted by Gasteiger charge is 2.40. The minimum atomic E-state index is -0.733. The van der Waals surface area contributed by atoms with Crippen LogP contribution in [-0.4, -0.2) is 6.54 Å². The predicted molar refractivity (Wildman–Crippen MR) is 80.9 cm³/mol. The van der Waals surface area contributed by atoms with Gasteiger partial charge in [-0.3, -0.25) is 0 Å². The Kier molecular flexibility index (Phi) is 4.58. The summed E-state index contributed by atoms with van der Waals surface area (Å²) in [6, 6.07) is 4.51. The first-order valence-corrected chi connectivity index (χ1v) is 8.36. The average Bonchev–Trinajstić information content (AvgIpc) is 3.09. The van der Waals surface area contributed by atoms with Gasteiger partial charge in [0.15, 0.2) is 11.6 Å². The zero-order valence-corrected chi connectivity index (χ0v) is 12.7. The Bertz CT molecular complexity index is 488. The lowest BCUT2D eigenvalue weighted by Gasteiger charge is -2.28. The van der Waals surface area contributed by atoms with Crippen molar-refractivity contribution >= 4 is 0 Å². The SMILES string of the molecule is CCCNC(CC1CC2CCC1C2)c1cccc(F)c1F. The van der Waals surface area contributed by atoms with Gasteiger partial charge in [-0.1, -0.05) is 25.5 Å². The molecule has 2 fully saturated rings. The van der Waals surface area contributed by atoms with Crippen LogP contribution in [0.2, 0.25) is 0 Å². The van der Waals surface area contributed by atoms with Gasteiger partial charge in [0.2, 0.25) is 0 Å². The van der Waals surface area contributed by atoms with Gasteiger partial charge in [-0.15, -0.1) is 0 Å². The van der Waals surface area contributed by atoms with E-state index in [1.54, 1.807) is 12.1 Å². The van der Waals surface area contributed by atoms with Crippen LogP contribution in [0, 0.1) is 29.4 Å². The fourth-order valence-corrected chi connectivity index (χ4v) is 4.40. The molecule has 0 heterocycles. The van der Waals surface area contributed by atoms with E-state index in [2.05, 4.69) is 12.2 Å². The van der Waals surface area contributed by atoms with Crippen molar-refractivity contribution < 1.29 is 8.78 Å². The van der Waals surface area contributed by atoms with E-state index in [4.69, 9.17) is 0 Å². The van der Waals surface area contributed by atoms with Crippen molar-refractivity contribution in [3.63, 3.8) is 0 Å². The third-order valence-electron chi connectivity index (χ3n) is 5.42. The largest absolute Gasteiger partial charge is 0.310 e. The Hall–Kier alpha value is -0.960. The van der Waals surface area contributed by atoms with Crippen LogP contribution in [0.3, 0.4) is 0 Å². The number of rotatable bonds is 6. The lowest BCUT2D eigenvalue weighted by molar-refractivity contribution is 0.275. The topological polar surface area (TPSA) is 12.0 Å². The van der Waals surface area contributed by atoms with Gasteiger partial charge < -0.3 is 5.32 Å². The standard InChI is InChI=1S/C18H25F2N/c1-2-8-21-17(15-4-3-5-16(19)18(15)20)11-14-10-12-6-7-13(14)9-12/h3-5,12-14,17,21H,2,6-11H2,1H3. The first-order chi connectivity index (χ1) is 10.2. The number of fused-ring (bicyclic) bond motifs is 2. The third-order valence-corrected chi connectivity index (χ3v) is 5.42. The molecule has 0 aliphatic heterocycles. The average molecular weight is 293 g/mol. The van der Waals surface area contributed by atoms with E-state index in [-0.39, 0.29) is 6.04 Å². The molecule has 2 bridgehead atoms. The van der Waals surface area contributed by atoms with Gasteiger partial charge in [0.05, 0.1) is 0 Å². The van der Waals surface area contributed by atoms with Gasteiger partial charge in [0, 0.05) is 11.6 Å². The van der Waals surface area contributed by atoms with Crippen LogP contribution < -0.4 is 5.32 Å². The fourth-order valence-electron chi connectivity index (χ4n) is 4.40. The minimum Gasteiger partial charge on any atom is -0.310 e. The second-order valence-electron chi connectivity index (χ2n) is 6.82. The Balaban J connectivity index is 1.75. The summed E-state index contributed by atoms with van der Waals surface area (Å²) in [5, 5.41) is 3.43. The molecule has 0 spiro atoms. The molecule has 3 heteroatoms. The summed E-state index contributed by atoms with van der Waals surface area (Å²) < 4.78 is 27.6. The van der Waals surface area contributed by atoms with Crippen molar-refractivity contribution in [2.45, 2.75) is 51.5 Å². The molecule has 116 valence electrons. The van der Waals surface area contributed by atoms with Crippen molar-refractivity contribution in [2.75, 3.05) is 6.54 Å². The summed E-state index contributed by atoms with van der Waals surface area (Å²) in [6.07, 6.45) is 7.30. The maximum atomic E-state index is 14.1. The van der Waals surface area contributed by atoms with Gasteiger partial charge in [-0.25, -0.2) is 8.78 Å². The van der Waals surface area contributed by atoms with E-state index >= 15 is 0 Å². The zero-order chi connectivity index (χ0) is 14.8. The van der Waals surface area contributed by atoms with E-state index in [0.29, 0.717) is 11.5 Å². The number of hydrogen-bond acceptors (Lipinski definition) is 1. The molecule has 1 aromatic rings. The van der Waals surface area contributed by atoms with Crippen molar-refractivity contribution in [1.82, 2.24) is 5.32 Å². The fraction of sp³-hybridized carbons (Fsp3) is 0.667. The molecule has 2 aliphatic rings. The monoisotopic (exact) mass is 293 g/mol. The molecule has 1 N–H and O–H groups in total. The zero-order valence-electron chi connectivity index (χ0n) is 12.7. The molecule has 0 saturated heterocycles. The first kappa shape index (κ1) is 15.0. The molecule has 4 atom stereocenters. The molecule has 0 aromatic heterocycles. The van der Waals surface area contributed by atoms with Gasteiger partial charge >= 0.3 is 0 Å². The summed E-state index contributed by atoms with van der Waals surface area (Å²) in [4.78, 5) is 0. The molecule has 1 aromatic carbocycles. The van der Waals surface area contributed by atoms with Crippen LogP contribution in [0.5, 0.6) is 0 Å². The quantitative estimate of drug-likeness (QED) is 0.792. The van der Waals surface area contributed by atoms with Gasteiger partial charge in [0.1, 0.15) is 0 Å². The predicted octanol–water partition coefficient (Wildman–Crippen LogP) is 4.83. The summed E-state index contributed by atoms with van der Waals surface area (Å²) in [7, 11) is 0. The molecule has 1 nitrogen and oxygen atoms in total. The van der Waals surface area contributed by atoms with Crippen LogP contribution in [-0.2, 0) is 0 Å².